The number of amides is 1. The molecule has 14 heavy (non-hydrogen) atoms. The Labute approximate surface area is 84.6 Å². The minimum absolute atomic E-state index is 0.0573. The van der Waals surface area contributed by atoms with Crippen molar-refractivity contribution in [2.45, 2.75) is 31.9 Å². The van der Waals surface area contributed by atoms with E-state index in [1.807, 2.05) is 0 Å². The number of hydrogen-bond acceptors (Lipinski definition) is 4. The maximum Gasteiger partial charge on any atom is 0.220 e. The van der Waals surface area contributed by atoms with Gasteiger partial charge in [-0.15, -0.1) is 0 Å². The van der Waals surface area contributed by atoms with Crippen LogP contribution in [0.2, 0.25) is 0 Å². The lowest BCUT2D eigenvalue weighted by Gasteiger charge is -2.15. The summed E-state index contributed by atoms with van der Waals surface area (Å²) in [4.78, 5) is 11.1. The summed E-state index contributed by atoms with van der Waals surface area (Å²) >= 11 is 0. The smallest absolute Gasteiger partial charge is 0.220 e. The highest BCUT2D eigenvalue weighted by molar-refractivity contribution is 5.75. The van der Waals surface area contributed by atoms with Gasteiger partial charge in [0.25, 0.3) is 0 Å². The van der Waals surface area contributed by atoms with Gasteiger partial charge in [0.1, 0.15) is 0 Å². The zero-order valence-corrected chi connectivity index (χ0v) is 8.82. The average molecular weight is 204 g/mol. The highest BCUT2D eigenvalue weighted by Gasteiger charge is 2.10. The Bertz CT molecular complexity index is 162. The van der Waals surface area contributed by atoms with Gasteiger partial charge in [0.15, 0.2) is 0 Å². The first kappa shape index (κ1) is 13.4. The molecule has 0 bridgehead atoms. The quantitative estimate of drug-likeness (QED) is 0.476. The molecule has 0 saturated carbocycles. The molecule has 0 aromatic heterocycles. The summed E-state index contributed by atoms with van der Waals surface area (Å²) < 4.78 is 4.81. The molecule has 0 aromatic carbocycles. The van der Waals surface area contributed by atoms with Crippen molar-refractivity contribution in [1.82, 2.24) is 5.32 Å². The first-order valence-corrected chi connectivity index (χ1v) is 4.77. The molecule has 5 heteroatoms. The van der Waals surface area contributed by atoms with Gasteiger partial charge in [-0.1, -0.05) is 0 Å². The van der Waals surface area contributed by atoms with Crippen molar-refractivity contribution in [3.05, 3.63) is 0 Å². The number of aliphatic hydroxyl groups is 1. The van der Waals surface area contributed by atoms with Crippen LogP contribution in [0, 0.1) is 0 Å². The van der Waals surface area contributed by atoms with E-state index in [0.717, 1.165) is 0 Å². The molecule has 0 fully saturated rings. The van der Waals surface area contributed by atoms with Crippen molar-refractivity contribution in [2.75, 3.05) is 20.3 Å². The van der Waals surface area contributed by atoms with Gasteiger partial charge in [-0.3, -0.25) is 4.79 Å². The van der Waals surface area contributed by atoms with Crippen molar-refractivity contribution >= 4 is 5.91 Å². The number of nitrogens with two attached hydrogens (primary N) is 1. The van der Waals surface area contributed by atoms with E-state index in [9.17, 15) is 4.79 Å². The Kier molecular flexibility index (Phi) is 7.37. The summed E-state index contributed by atoms with van der Waals surface area (Å²) in [5.41, 5.74) is 5.53. The van der Waals surface area contributed by atoms with E-state index in [0.29, 0.717) is 26.0 Å². The van der Waals surface area contributed by atoms with Crippen molar-refractivity contribution in [2.24, 2.45) is 5.73 Å². The summed E-state index contributed by atoms with van der Waals surface area (Å²) in [5, 5.41) is 11.7. The van der Waals surface area contributed by atoms with E-state index < -0.39 is 12.1 Å². The fourth-order valence-electron chi connectivity index (χ4n) is 0.868. The highest BCUT2D eigenvalue weighted by Crippen LogP contribution is 1.90. The number of nitrogens with one attached hydrogen (secondary N) is 1. The maximum atomic E-state index is 11.1. The number of aliphatic hydroxyl groups excluding tert-OH is 1. The van der Waals surface area contributed by atoms with Crippen LogP contribution in [0.5, 0.6) is 0 Å². The Morgan fingerprint density at radius 1 is 1.64 bits per heavy atom. The van der Waals surface area contributed by atoms with Crippen LogP contribution in [0.1, 0.15) is 19.8 Å². The summed E-state index contributed by atoms with van der Waals surface area (Å²) in [7, 11) is 1.60. The molecule has 0 saturated heterocycles. The standard InChI is InChI=1S/C9H20N2O3/c1-7(12)8(10)6-11-9(13)4-3-5-14-2/h7-8,12H,3-6,10H2,1-2H3,(H,11,13). The Balaban J connectivity index is 3.44. The molecule has 0 rings (SSSR count). The number of hydrogen-bond donors (Lipinski definition) is 3. The maximum absolute atomic E-state index is 11.1. The lowest BCUT2D eigenvalue weighted by Crippen LogP contribution is -2.43. The van der Waals surface area contributed by atoms with Gasteiger partial charge < -0.3 is 20.9 Å². The minimum atomic E-state index is -0.603. The van der Waals surface area contributed by atoms with Gasteiger partial charge in [0.05, 0.1) is 6.10 Å². The first-order chi connectivity index (χ1) is 6.57. The molecule has 0 aliphatic heterocycles. The SMILES string of the molecule is COCCCC(=O)NCC(N)C(C)O. The van der Waals surface area contributed by atoms with Crippen LogP contribution in [0.25, 0.3) is 0 Å². The van der Waals surface area contributed by atoms with Crippen LogP contribution in [-0.4, -0.2) is 43.4 Å². The van der Waals surface area contributed by atoms with Gasteiger partial charge in [-0.2, -0.15) is 0 Å². The molecule has 0 aliphatic rings. The largest absolute Gasteiger partial charge is 0.392 e. The Hall–Kier alpha value is -0.650. The Morgan fingerprint density at radius 2 is 2.29 bits per heavy atom. The molecule has 0 aromatic rings. The predicted octanol–water partition coefficient (Wildman–Crippen LogP) is -0.763. The van der Waals surface area contributed by atoms with Crippen LogP contribution in [0.4, 0.5) is 0 Å². The summed E-state index contributed by atoms with van der Waals surface area (Å²) in [5.74, 6) is -0.0573. The van der Waals surface area contributed by atoms with Crippen molar-refractivity contribution in [3.63, 3.8) is 0 Å². The molecule has 2 unspecified atom stereocenters. The average Bonchev–Trinajstić information content (AvgIpc) is 2.14. The zero-order chi connectivity index (χ0) is 11.0. The fourth-order valence-corrected chi connectivity index (χ4v) is 0.868. The summed E-state index contributed by atoms with van der Waals surface area (Å²) in [6, 6.07) is -0.402. The molecular formula is C9H20N2O3. The molecule has 0 heterocycles. The van der Waals surface area contributed by atoms with E-state index in [1.165, 1.54) is 0 Å². The van der Waals surface area contributed by atoms with E-state index in [-0.39, 0.29) is 5.91 Å². The van der Waals surface area contributed by atoms with E-state index in [4.69, 9.17) is 15.6 Å². The van der Waals surface area contributed by atoms with Crippen molar-refractivity contribution in [3.8, 4) is 0 Å². The van der Waals surface area contributed by atoms with E-state index >= 15 is 0 Å². The van der Waals surface area contributed by atoms with Gasteiger partial charge >= 0.3 is 0 Å². The number of ether oxygens (including phenoxy) is 1. The fraction of sp³-hybridized carbons (Fsp3) is 0.889. The summed E-state index contributed by atoms with van der Waals surface area (Å²) in [6.07, 6.45) is 0.529. The van der Waals surface area contributed by atoms with E-state index in [2.05, 4.69) is 5.32 Å². The van der Waals surface area contributed by atoms with Crippen molar-refractivity contribution in [1.29, 1.82) is 0 Å². The molecule has 0 radical (unpaired) electrons. The molecule has 84 valence electrons. The van der Waals surface area contributed by atoms with Crippen molar-refractivity contribution < 1.29 is 14.6 Å². The van der Waals surface area contributed by atoms with Crippen LogP contribution < -0.4 is 11.1 Å². The predicted molar refractivity (Wildman–Crippen MR) is 53.8 cm³/mol. The third kappa shape index (κ3) is 6.82. The lowest BCUT2D eigenvalue weighted by atomic mass is 10.2. The first-order valence-electron chi connectivity index (χ1n) is 4.77. The lowest BCUT2D eigenvalue weighted by molar-refractivity contribution is -0.121. The molecule has 1 amide bonds. The van der Waals surface area contributed by atoms with Gasteiger partial charge in [0, 0.05) is 32.7 Å². The second kappa shape index (κ2) is 7.73. The second-order valence-corrected chi connectivity index (χ2v) is 3.30. The van der Waals surface area contributed by atoms with Gasteiger partial charge in [0.2, 0.25) is 5.91 Å². The summed E-state index contributed by atoms with van der Waals surface area (Å²) in [6.45, 7) is 2.49. The van der Waals surface area contributed by atoms with Crippen LogP contribution in [0.3, 0.4) is 0 Å². The molecule has 0 aliphatic carbocycles. The molecule has 0 spiro atoms. The number of rotatable bonds is 7. The third-order valence-electron chi connectivity index (χ3n) is 1.91. The monoisotopic (exact) mass is 204 g/mol. The van der Waals surface area contributed by atoms with Gasteiger partial charge in [-0.05, 0) is 13.3 Å². The zero-order valence-electron chi connectivity index (χ0n) is 8.82. The van der Waals surface area contributed by atoms with Gasteiger partial charge in [-0.25, -0.2) is 0 Å². The third-order valence-corrected chi connectivity index (χ3v) is 1.91. The number of methoxy groups -OCH3 is 1. The van der Waals surface area contributed by atoms with E-state index in [1.54, 1.807) is 14.0 Å². The van der Waals surface area contributed by atoms with Crippen LogP contribution in [0.15, 0.2) is 0 Å². The normalized spacial score (nSPS) is 14.9. The molecular weight excluding hydrogens is 184 g/mol. The molecule has 2 atom stereocenters. The van der Waals surface area contributed by atoms with Crippen LogP contribution in [-0.2, 0) is 9.53 Å². The number of carbonyl (C=O) groups excluding carboxylic acids is 1. The topological polar surface area (TPSA) is 84.6 Å². The second-order valence-electron chi connectivity index (χ2n) is 3.30. The molecule has 5 nitrogen and oxygen atoms in total. The van der Waals surface area contributed by atoms with Crippen LogP contribution >= 0.6 is 0 Å². The minimum Gasteiger partial charge on any atom is -0.392 e. The highest BCUT2D eigenvalue weighted by atomic mass is 16.5. The number of carbonyl (C=O) groups is 1. The Morgan fingerprint density at radius 3 is 2.79 bits per heavy atom. The molecule has 4 N–H and O–H groups in total.